The Balaban J connectivity index is 1.60. The van der Waals surface area contributed by atoms with Crippen LogP contribution < -0.4 is 4.74 Å². The summed E-state index contributed by atoms with van der Waals surface area (Å²) in [5.41, 5.74) is 4.06. The summed E-state index contributed by atoms with van der Waals surface area (Å²) in [6.07, 6.45) is 5.01. The molecule has 2 N–H and O–H groups in total. The molecule has 0 saturated carbocycles. The van der Waals surface area contributed by atoms with Gasteiger partial charge in [0, 0.05) is 36.7 Å². The van der Waals surface area contributed by atoms with E-state index in [1.807, 2.05) is 32.1 Å². The van der Waals surface area contributed by atoms with Crippen LogP contribution in [0.2, 0.25) is 5.02 Å². The molecule has 1 atom stereocenters. The minimum atomic E-state index is -0.511. The third-order valence-corrected chi connectivity index (χ3v) is 6.89. The highest BCUT2D eigenvalue weighted by atomic mass is 35.5. The van der Waals surface area contributed by atoms with E-state index in [0.717, 1.165) is 53.2 Å². The Morgan fingerprint density at radius 3 is 2.69 bits per heavy atom. The van der Waals surface area contributed by atoms with Crippen molar-refractivity contribution in [2.75, 3.05) is 32.9 Å². The molecule has 2 aliphatic heterocycles. The molecule has 1 saturated heterocycles. The lowest BCUT2D eigenvalue weighted by atomic mass is 9.85. The number of benzene rings is 2. The summed E-state index contributed by atoms with van der Waals surface area (Å²) in [6.45, 7) is 10.5. The molecule has 2 aliphatic rings. The molecule has 2 aromatic carbocycles. The van der Waals surface area contributed by atoms with Crippen molar-refractivity contribution in [2.45, 2.75) is 20.0 Å². The summed E-state index contributed by atoms with van der Waals surface area (Å²) in [5, 5.41) is 20.6. The largest absolute Gasteiger partial charge is 0.508 e. The zero-order valence-electron chi connectivity index (χ0n) is 20.5. The third-order valence-electron chi connectivity index (χ3n) is 6.57. The second-order valence-electron chi connectivity index (χ2n) is 9.16. The lowest BCUT2D eigenvalue weighted by molar-refractivity contribution is 0.0554. The van der Waals surface area contributed by atoms with E-state index in [2.05, 4.69) is 11.5 Å². The standard InChI is InChI=1S/C29H31ClFNO4/c1-4-21(6-5-18(2)35-12-11-32-16-20(15-31)17-32)29-28(22-7-9-25(30)26(34)13-22)19(3)24-14-23(33)8-10-27(24)36-29/h4-10,13-14,20,29,33-34H,1,11-12,15-17H2,2-3H3/b18-5+,21-6+. The number of ether oxygens (including phenoxy) is 2. The van der Waals surface area contributed by atoms with Crippen molar-refractivity contribution in [2.24, 2.45) is 5.92 Å². The van der Waals surface area contributed by atoms with Crippen molar-refractivity contribution in [3.63, 3.8) is 0 Å². The van der Waals surface area contributed by atoms with Crippen LogP contribution in [0.3, 0.4) is 0 Å². The molecule has 0 radical (unpaired) electrons. The molecule has 2 heterocycles. The average Bonchev–Trinajstić information content (AvgIpc) is 2.83. The van der Waals surface area contributed by atoms with Crippen LogP contribution >= 0.6 is 11.6 Å². The van der Waals surface area contributed by atoms with E-state index >= 15 is 0 Å². The van der Waals surface area contributed by atoms with E-state index in [9.17, 15) is 14.6 Å². The van der Waals surface area contributed by atoms with Gasteiger partial charge in [0.2, 0.25) is 0 Å². The number of aromatic hydroxyl groups is 2. The quantitative estimate of drug-likeness (QED) is 0.302. The van der Waals surface area contributed by atoms with Crippen molar-refractivity contribution in [1.82, 2.24) is 4.90 Å². The topological polar surface area (TPSA) is 62.2 Å². The highest BCUT2D eigenvalue weighted by Gasteiger charge is 2.30. The molecule has 0 aromatic heterocycles. The van der Waals surface area contributed by atoms with Crippen molar-refractivity contribution in [3.05, 3.63) is 88.7 Å². The monoisotopic (exact) mass is 511 g/mol. The van der Waals surface area contributed by atoms with Gasteiger partial charge in [0.1, 0.15) is 30.0 Å². The van der Waals surface area contributed by atoms with Crippen LogP contribution in [0.5, 0.6) is 17.2 Å². The molecule has 1 unspecified atom stereocenters. The van der Waals surface area contributed by atoms with Crippen molar-refractivity contribution in [3.8, 4) is 17.2 Å². The minimum absolute atomic E-state index is 0.0248. The first kappa shape index (κ1) is 25.9. The predicted octanol–water partition coefficient (Wildman–Crippen LogP) is 6.38. The SMILES string of the molecule is C=C/C(=C\C=C(/C)OCCN1CC(CF)C1)C1Oc2ccc(O)cc2C(C)=C1c1ccc(Cl)c(O)c1. The predicted molar refractivity (Wildman–Crippen MR) is 142 cm³/mol. The van der Waals surface area contributed by atoms with Gasteiger partial charge in [0.05, 0.1) is 17.5 Å². The average molecular weight is 512 g/mol. The number of alkyl halides is 1. The molecule has 0 bridgehead atoms. The van der Waals surface area contributed by atoms with Gasteiger partial charge in [-0.15, -0.1) is 0 Å². The van der Waals surface area contributed by atoms with Gasteiger partial charge in [-0.1, -0.05) is 36.4 Å². The Kier molecular flexibility index (Phi) is 8.07. The number of hydrogen-bond donors (Lipinski definition) is 2. The number of hydrogen-bond acceptors (Lipinski definition) is 5. The molecule has 0 aliphatic carbocycles. The summed E-state index contributed by atoms with van der Waals surface area (Å²) in [6, 6.07) is 10.1. The van der Waals surface area contributed by atoms with E-state index in [0.29, 0.717) is 12.4 Å². The summed E-state index contributed by atoms with van der Waals surface area (Å²) in [7, 11) is 0. The number of halogens is 2. The highest BCUT2D eigenvalue weighted by Crippen LogP contribution is 2.44. The van der Waals surface area contributed by atoms with Crippen LogP contribution in [0.25, 0.3) is 11.1 Å². The van der Waals surface area contributed by atoms with Gasteiger partial charge in [-0.25, -0.2) is 0 Å². The summed E-state index contributed by atoms with van der Waals surface area (Å²) in [4.78, 5) is 2.18. The van der Waals surface area contributed by atoms with Crippen molar-refractivity contribution in [1.29, 1.82) is 0 Å². The third kappa shape index (κ3) is 5.61. The molecular weight excluding hydrogens is 481 g/mol. The Hall–Kier alpha value is -3.22. The maximum Gasteiger partial charge on any atom is 0.150 e. The molecule has 4 rings (SSSR count). The van der Waals surface area contributed by atoms with Crippen LogP contribution in [0.15, 0.2) is 72.5 Å². The van der Waals surface area contributed by atoms with Crippen molar-refractivity contribution >= 4 is 22.7 Å². The Labute approximate surface area is 216 Å². The fourth-order valence-corrected chi connectivity index (χ4v) is 4.66. The number of nitrogens with zero attached hydrogens (tertiary/aromatic N) is 1. The number of allylic oxidation sites excluding steroid dienone is 4. The number of likely N-dealkylation sites (tertiary alicyclic amines) is 1. The molecule has 5 nitrogen and oxygen atoms in total. The second-order valence-corrected chi connectivity index (χ2v) is 9.57. The van der Waals surface area contributed by atoms with Gasteiger partial charge in [0.15, 0.2) is 0 Å². The smallest absolute Gasteiger partial charge is 0.150 e. The molecule has 190 valence electrons. The van der Waals surface area contributed by atoms with Crippen LogP contribution in [0.1, 0.15) is 25.0 Å². The maximum atomic E-state index is 12.6. The van der Waals surface area contributed by atoms with Crippen LogP contribution in [0.4, 0.5) is 4.39 Å². The lowest BCUT2D eigenvalue weighted by Crippen LogP contribution is -2.48. The highest BCUT2D eigenvalue weighted by molar-refractivity contribution is 6.32. The molecular formula is C29H31ClFNO4. The molecule has 7 heteroatoms. The summed E-state index contributed by atoms with van der Waals surface area (Å²) < 4.78 is 24.9. The molecule has 1 fully saturated rings. The molecule has 0 amide bonds. The Morgan fingerprint density at radius 1 is 1.22 bits per heavy atom. The number of phenols is 2. The maximum absolute atomic E-state index is 12.6. The lowest BCUT2D eigenvalue weighted by Gasteiger charge is -2.37. The van der Waals surface area contributed by atoms with E-state index in [1.54, 1.807) is 36.4 Å². The zero-order chi connectivity index (χ0) is 25.8. The molecule has 36 heavy (non-hydrogen) atoms. The van der Waals surface area contributed by atoms with Crippen LogP contribution in [-0.2, 0) is 4.74 Å². The van der Waals surface area contributed by atoms with Gasteiger partial charge in [0.25, 0.3) is 0 Å². The van der Waals surface area contributed by atoms with Crippen LogP contribution in [0, 0.1) is 5.92 Å². The molecule has 0 spiro atoms. The summed E-state index contributed by atoms with van der Waals surface area (Å²) in [5.74, 6) is 1.66. The summed E-state index contributed by atoms with van der Waals surface area (Å²) >= 11 is 6.06. The first-order valence-electron chi connectivity index (χ1n) is 11.9. The fourth-order valence-electron chi connectivity index (χ4n) is 4.54. The van der Waals surface area contributed by atoms with E-state index < -0.39 is 6.10 Å². The van der Waals surface area contributed by atoms with E-state index in [1.165, 1.54) is 0 Å². The van der Waals surface area contributed by atoms with Crippen LogP contribution in [-0.4, -0.2) is 54.1 Å². The number of rotatable bonds is 9. The fraction of sp³-hybridized carbons (Fsp3) is 0.310. The number of phenolic OH excluding ortho intramolecular Hbond substituents is 2. The first-order chi connectivity index (χ1) is 17.3. The zero-order valence-corrected chi connectivity index (χ0v) is 21.3. The Morgan fingerprint density at radius 2 is 2.00 bits per heavy atom. The van der Waals surface area contributed by atoms with E-state index in [-0.39, 0.29) is 29.1 Å². The first-order valence-corrected chi connectivity index (χ1v) is 12.3. The Bertz CT molecular complexity index is 1230. The normalized spacial score (nSPS) is 18.9. The van der Waals surface area contributed by atoms with Gasteiger partial charge in [-0.2, -0.15) is 0 Å². The van der Waals surface area contributed by atoms with E-state index in [4.69, 9.17) is 21.1 Å². The minimum Gasteiger partial charge on any atom is -0.508 e. The van der Waals surface area contributed by atoms with Gasteiger partial charge in [-0.05, 0) is 67.0 Å². The van der Waals surface area contributed by atoms with Gasteiger partial charge >= 0.3 is 0 Å². The van der Waals surface area contributed by atoms with Gasteiger partial charge < -0.3 is 19.7 Å². The number of fused-ring (bicyclic) bond motifs is 1. The molecule has 2 aromatic rings. The van der Waals surface area contributed by atoms with Crippen molar-refractivity contribution < 1.29 is 24.1 Å². The van der Waals surface area contributed by atoms with Gasteiger partial charge in [-0.3, -0.25) is 9.29 Å². The second kappa shape index (κ2) is 11.2.